The van der Waals surface area contributed by atoms with Crippen LogP contribution in [0.3, 0.4) is 0 Å². The predicted octanol–water partition coefficient (Wildman–Crippen LogP) is 1.37. The number of hydrogen-bond donors (Lipinski definition) is 1. The van der Waals surface area contributed by atoms with Crippen LogP contribution in [0.2, 0.25) is 0 Å². The third kappa shape index (κ3) is 2.34. The number of carbonyl (C=O) groups is 1. The molecule has 4 heteroatoms. The fourth-order valence-corrected chi connectivity index (χ4v) is 2.44. The number of nitrogens with two attached hydrogens (primary N) is 1. The number of carbonyl (C=O) groups excluding carboxylic acids is 1. The van der Waals surface area contributed by atoms with Crippen LogP contribution in [0.5, 0.6) is 0 Å². The van der Waals surface area contributed by atoms with Crippen LogP contribution in [0.1, 0.15) is 12.0 Å². The van der Waals surface area contributed by atoms with Gasteiger partial charge in [0.05, 0.1) is 0 Å². The molecule has 18 heavy (non-hydrogen) atoms. The number of anilines is 2. The lowest BCUT2D eigenvalue weighted by atomic mass is 10.1. The zero-order valence-corrected chi connectivity index (χ0v) is 11.3. The van der Waals surface area contributed by atoms with E-state index in [2.05, 4.69) is 24.0 Å². The molecule has 0 aliphatic carbocycles. The summed E-state index contributed by atoms with van der Waals surface area (Å²) in [5.74, 6) is 0.473. The molecular weight excluding hydrogens is 226 g/mol. The molecule has 1 aliphatic rings. The van der Waals surface area contributed by atoms with Crippen LogP contribution in [0.15, 0.2) is 18.2 Å². The second-order valence-electron chi connectivity index (χ2n) is 5.18. The third-order valence-corrected chi connectivity index (χ3v) is 3.52. The summed E-state index contributed by atoms with van der Waals surface area (Å²) in [6.07, 6.45) is 0.571. The molecule has 1 aliphatic heterocycles. The van der Waals surface area contributed by atoms with Crippen LogP contribution >= 0.6 is 0 Å². The van der Waals surface area contributed by atoms with E-state index in [1.54, 1.807) is 0 Å². The zero-order valence-electron chi connectivity index (χ0n) is 11.3. The van der Waals surface area contributed by atoms with E-state index >= 15 is 0 Å². The molecular formula is C14H21N3O. The Morgan fingerprint density at radius 3 is 2.72 bits per heavy atom. The quantitative estimate of drug-likeness (QED) is 0.877. The maximum absolute atomic E-state index is 12.0. The Morgan fingerprint density at radius 2 is 2.17 bits per heavy atom. The number of benzene rings is 1. The SMILES string of the molecule is Cc1ccc(N2CC(CN)CC2=O)cc1N(C)C. The highest BCUT2D eigenvalue weighted by Crippen LogP contribution is 2.29. The third-order valence-electron chi connectivity index (χ3n) is 3.52. The largest absolute Gasteiger partial charge is 0.377 e. The van der Waals surface area contributed by atoms with Crippen molar-refractivity contribution in [2.45, 2.75) is 13.3 Å². The topological polar surface area (TPSA) is 49.6 Å². The summed E-state index contributed by atoms with van der Waals surface area (Å²) < 4.78 is 0. The summed E-state index contributed by atoms with van der Waals surface area (Å²) in [6, 6.07) is 6.15. The van der Waals surface area contributed by atoms with E-state index < -0.39 is 0 Å². The van der Waals surface area contributed by atoms with Crippen LogP contribution in [0, 0.1) is 12.8 Å². The maximum atomic E-state index is 12.0. The van der Waals surface area contributed by atoms with E-state index in [1.165, 1.54) is 5.56 Å². The minimum Gasteiger partial charge on any atom is -0.377 e. The molecule has 1 atom stereocenters. The Morgan fingerprint density at radius 1 is 1.44 bits per heavy atom. The van der Waals surface area contributed by atoms with Crippen molar-refractivity contribution in [3.63, 3.8) is 0 Å². The van der Waals surface area contributed by atoms with E-state index in [4.69, 9.17) is 5.73 Å². The van der Waals surface area contributed by atoms with Crippen LogP contribution in [-0.4, -0.2) is 33.1 Å². The van der Waals surface area contributed by atoms with Crippen LogP contribution in [0.25, 0.3) is 0 Å². The Kier molecular flexibility index (Phi) is 3.57. The Balaban J connectivity index is 2.29. The average Bonchev–Trinajstić information content (AvgIpc) is 2.71. The number of aryl methyl sites for hydroxylation is 1. The van der Waals surface area contributed by atoms with E-state index in [0.717, 1.165) is 17.9 Å². The minimum absolute atomic E-state index is 0.180. The number of rotatable bonds is 3. The number of nitrogens with zero attached hydrogens (tertiary/aromatic N) is 2. The lowest BCUT2D eigenvalue weighted by Gasteiger charge is -2.21. The fourth-order valence-electron chi connectivity index (χ4n) is 2.44. The second-order valence-corrected chi connectivity index (χ2v) is 5.18. The maximum Gasteiger partial charge on any atom is 0.227 e. The van der Waals surface area contributed by atoms with E-state index in [-0.39, 0.29) is 5.91 Å². The molecule has 98 valence electrons. The van der Waals surface area contributed by atoms with Gasteiger partial charge in [-0.3, -0.25) is 4.79 Å². The molecule has 0 bridgehead atoms. The molecule has 0 saturated carbocycles. The van der Waals surface area contributed by atoms with Gasteiger partial charge in [0.2, 0.25) is 5.91 Å². The summed E-state index contributed by atoms with van der Waals surface area (Å²) in [6.45, 7) is 3.40. The van der Waals surface area contributed by atoms with Gasteiger partial charge >= 0.3 is 0 Å². The first kappa shape index (κ1) is 12.9. The van der Waals surface area contributed by atoms with Crippen LogP contribution in [-0.2, 0) is 4.79 Å². The van der Waals surface area contributed by atoms with Gasteiger partial charge in [0.1, 0.15) is 0 Å². The first-order valence-electron chi connectivity index (χ1n) is 6.31. The summed E-state index contributed by atoms with van der Waals surface area (Å²) in [4.78, 5) is 15.9. The first-order chi connectivity index (χ1) is 8.52. The van der Waals surface area contributed by atoms with Crippen molar-refractivity contribution < 1.29 is 4.79 Å². The molecule has 1 aromatic rings. The van der Waals surface area contributed by atoms with Crippen molar-refractivity contribution in [3.8, 4) is 0 Å². The number of hydrogen-bond acceptors (Lipinski definition) is 3. The lowest BCUT2D eigenvalue weighted by Crippen LogP contribution is -2.26. The smallest absolute Gasteiger partial charge is 0.227 e. The van der Waals surface area contributed by atoms with Crippen molar-refractivity contribution in [2.24, 2.45) is 11.7 Å². The predicted molar refractivity (Wildman–Crippen MR) is 75.0 cm³/mol. The molecule has 1 saturated heterocycles. The van der Waals surface area contributed by atoms with Gasteiger partial charge in [-0.15, -0.1) is 0 Å². The molecule has 0 radical (unpaired) electrons. The Labute approximate surface area is 108 Å². The van der Waals surface area contributed by atoms with Gasteiger partial charge in [0.25, 0.3) is 0 Å². The molecule has 0 aromatic heterocycles. The molecule has 1 heterocycles. The molecule has 0 spiro atoms. The van der Waals surface area contributed by atoms with Crippen molar-refractivity contribution in [1.29, 1.82) is 0 Å². The van der Waals surface area contributed by atoms with Crippen LogP contribution < -0.4 is 15.5 Å². The zero-order chi connectivity index (χ0) is 13.3. The molecule has 1 aromatic carbocycles. The highest BCUT2D eigenvalue weighted by atomic mass is 16.2. The highest BCUT2D eigenvalue weighted by molar-refractivity contribution is 5.96. The Hall–Kier alpha value is -1.55. The molecule has 1 unspecified atom stereocenters. The van der Waals surface area contributed by atoms with Gasteiger partial charge in [-0.05, 0) is 37.1 Å². The number of amides is 1. The summed E-state index contributed by atoms with van der Waals surface area (Å²) in [5, 5.41) is 0. The summed E-state index contributed by atoms with van der Waals surface area (Å²) in [5.41, 5.74) is 8.99. The highest BCUT2D eigenvalue weighted by Gasteiger charge is 2.29. The van der Waals surface area contributed by atoms with E-state index in [9.17, 15) is 4.79 Å². The van der Waals surface area contributed by atoms with Gasteiger partial charge < -0.3 is 15.5 Å². The van der Waals surface area contributed by atoms with Crippen molar-refractivity contribution in [3.05, 3.63) is 23.8 Å². The van der Waals surface area contributed by atoms with Gasteiger partial charge in [-0.25, -0.2) is 0 Å². The van der Waals surface area contributed by atoms with Crippen LogP contribution in [0.4, 0.5) is 11.4 Å². The van der Waals surface area contributed by atoms with E-state index in [1.807, 2.05) is 25.1 Å². The van der Waals surface area contributed by atoms with Crippen molar-refractivity contribution in [2.75, 3.05) is 37.0 Å². The summed E-state index contributed by atoms with van der Waals surface area (Å²) >= 11 is 0. The van der Waals surface area contributed by atoms with Crippen molar-refractivity contribution in [1.82, 2.24) is 0 Å². The average molecular weight is 247 g/mol. The molecule has 4 nitrogen and oxygen atoms in total. The second kappa shape index (κ2) is 4.98. The minimum atomic E-state index is 0.180. The van der Waals surface area contributed by atoms with Gasteiger partial charge in [-0.2, -0.15) is 0 Å². The standard InChI is InChI=1S/C14H21N3O/c1-10-4-5-12(7-13(10)16(2)3)17-9-11(8-15)6-14(17)18/h4-5,7,11H,6,8-9,15H2,1-3H3. The molecule has 2 rings (SSSR count). The van der Waals surface area contributed by atoms with E-state index in [0.29, 0.717) is 18.9 Å². The normalized spacial score (nSPS) is 19.4. The molecule has 2 N–H and O–H groups in total. The first-order valence-corrected chi connectivity index (χ1v) is 6.31. The monoisotopic (exact) mass is 247 g/mol. The summed E-state index contributed by atoms with van der Waals surface area (Å²) in [7, 11) is 4.03. The molecule has 1 fully saturated rings. The van der Waals surface area contributed by atoms with Gasteiger partial charge in [0, 0.05) is 38.4 Å². The Bertz CT molecular complexity index is 456. The van der Waals surface area contributed by atoms with Crippen molar-refractivity contribution >= 4 is 17.3 Å². The van der Waals surface area contributed by atoms with Gasteiger partial charge in [-0.1, -0.05) is 6.07 Å². The lowest BCUT2D eigenvalue weighted by molar-refractivity contribution is -0.117. The molecule has 1 amide bonds. The fraction of sp³-hybridized carbons (Fsp3) is 0.500. The van der Waals surface area contributed by atoms with Gasteiger partial charge in [0.15, 0.2) is 0 Å².